The monoisotopic (exact) mass is 286 g/mol. The minimum atomic E-state index is 0.817. The van der Waals surface area contributed by atoms with Gasteiger partial charge in [0.25, 0.3) is 0 Å². The Bertz CT molecular complexity index is 535. The second kappa shape index (κ2) is 6.51. The number of benzene rings is 1. The molecular weight excluding hydrogens is 264 g/mol. The van der Waals surface area contributed by atoms with Crippen LogP contribution in [0.5, 0.6) is 0 Å². The van der Waals surface area contributed by atoms with Gasteiger partial charge in [0.2, 0.25) is 0 Å². The number of aromatic nitrogens is 1. The van der Waals surface area contributed by atoms with Crippen LogP contribution in [0.3, 0.4) is 0 Å². The van der Waals surface area contributed by atoms with Gasteiger partial charge in [-0.15, -0.1) is 11.3 Å². The van der Waals surface area contributed by atoms with Gasteiger partial charge in [-0.2, -0.15) is 0 Å². The van der Waals surface area contributed by atoms with Crippen LogP contribution in [0.2, 0.25) is 0 Å². The maximum atomic E-state index is 4.84. The molecule has 0 aliphatic heterocycles. The van der Waals surface area contributed by atoms with E-state index in [9.17, 15) is 0 Å². The highest BCUT2D eigenvalue weighted by Gasteiger charge is 2.27. The van der Waals surface area contributed by atoms with E-state index >= 15 is 0 Å². The van der Waals surface area contributed by atoms with E-state index < -0.39 is 0 Å². The number of hydrogen-bond acceptors (Lipinski definition) is 3. The van der Waals surface area contributed by atoms with Crippen molar-refractivity contribution < 1.29 is 0 Å². The molecule has 2 nitrogen and oxygen atoms in total. The molecule has 1 aromatic carbocycles. The fourth-order valence-electron chi connectivity index (χ4n) is 3.28. The summed E-state index contributed by atoms with van der Waals surface area (Å²) < 4.78 is 0. The van der Waals surface area contributed by atoms with Crippen LogP contribution >= 0.6 is 11.3 Å². The van der Waals surface area contributed by atoms with Crippen molar-refractivity contribution in [1.29, 1.82) is 0 Å². The smallest absolute Gasteiger partial charge is 0.0935 e. The van der Waals surface area contributed by atoms with Crippen LogP contribution in [-0.4, -0.2) is 18.6 Å². The first-order valence-corrected chi connectivity index (χ1v) is 8.39. The molecule has 1 N–H and O–H groups in total. The fourth-order valence-corrected chi connectivity index (χ4v) is 4.18. The van der Waals surface area contributed by atoms with Crippen molar-refractivity contribution in [3.63, 3.8) is 0 Å². The van der Waals surface area contributed by atoms with Gasteiger partial charge in [0.15, 0.2) is 0 Å². The van der Waals surface area contributed by atoms with Crippen LogP contribution in [0.25, 0.3) is 11.3 Å². The SMILES string of the molecule is CNCC1CCCC1Cc1nc(-c2ccccc2)cs1. The molecule has 2 unspecified atom stereocenters. The summed E-state index contributed by atoms with van der Waals surface area (Å²) in [6.45, 7) is 1.15. The average Bonchev–Trinajstić information content (AvgIpc) is 3.11. The third kappa shape index (κ3) is 3.10. The molecule has 1 aliphatic rings. The van der Waals surface area contributed by atoms with Crippen molar-refractivity contribution in [3.8, 4) is 11.3 Å². The molecule has 1 aromatic heterocycles. The first-order valence-electron chi connectivity index (χ1n) is 7.51. The van der Waals surface area contributed by atoms with Gasteiger partial charge in [-0.05, 0) is 38.3 Å². The largest absolute Gasteiger partial charge is 0.319 e. The minimum Gasteiger partial charge on any atom is -0.319 e. The van der Waals surface area contributed by atoms with E-state index in [1.54, 1.807) is 0 Å². The Morgan fingerprint density at radius 1 is 1.20 bits per heavy atom. The predicted octanol–water partition coefficient (Wildman–Crippen LogP) is 3.99. The van der Waals surface area contributed by atoms with Gasteiger partial charge in [0.1, 0.15) is 0 Å². The Morgan fingerprint density at radius 2 is 2.00 bits per heavy atom. The lowest BCUT2D eigenvalue weighted by atomic mass is 9.93. The summed E-state index contributed by atoms with van der Waals surface area (Å²) in [5.41, 5.74) is 2.36. The molecule has 2 atom stereocenters. The van der Waals surface area contributed by atoms with Crippen LogP contribution < -0.4 is 5.32 Å². The fraction of sp³-hybridized carbons (Fsp3) is 0.471. The number of nitrogens with one attached hydrogen (secondary N) is 1. The maximum absolute atomic E-state index is 4.84. The normalized spacial score (nSPS) is 22.2. The van der Waals surface area contributed by atoms with Gasteiger partial charge in [0.05, 0.1) is 10.7 Å². The summed E-state index contributed by atoms with van der Waals surface area (Å²) in [5, 5.41) is 6.84. The summed E-state index contributed by atoms with van der Waals surface area (Å²) in [4.78, 5) is 4.84. The van der Waals surface area contributed by atoms with E-state index in [-0.39, 0.29) is 0 Å². The third-order valence-corrected chi connectivity index (χ3v) is 5.21. The number of thiazole rings is 1. The van der Waals surface area contributed by atoms with E-state index in [0.29, 0.717) is 0 Å². The van der Waals surface area contributed by atoms with Gasteiger partial charge in [0, 0.05) is 17.4 Å². The molecule has 2 aromatic rings. The zero-order chi connectivity index (χ0) is 13.8. The lowest BCUT2D eigenvalue weighted by molar-refractivity contribution is 0.374. The topological polar surface area (TPSA) is 24.9 Å². The summed E-state index contributed by atoms with van der Waals surface area (Å²) in [7, 11) is 2.06. The molecule has 1 heterocycles. The van der Waals surface area contributed by atoms with Crippen molar-refractivity contribution >= 4 is 11.3 Å². The van der Waals surface area contributed by atoms with Crippen LogP contribution in [-0.2, 0) is 6.42 Å². The van der Waals surface area contributed by atoms with E-state index in [4.69, 9.17) is 4.98 Å². The second-order valence-corrected chi connectivity index (χ2v) is 6.65. The maximum Gasteiger partial charge on any atom is 0.0935 e. The molecule has 3 heteroatoms. The standard InChI is InChI=1S/C17H22N2S/c1-18-11-15-9-5-8-14(15)10-17-19-16(12-20-17)13-6-3-2-4-7-13/h2-4,6-7,12,14-15,18H,5,8-11H2,1H3. The molecule has 1 aliphatic carbocycles. The van der Waals surface area contributed by atoms with Crippen LogP contribution in [0, 0.1) is 11.8 Å². The molecule has 0 spiro atoms. The average molecular weight is 286 g/mol. The molecule has 3 rings (SSSR count). The zero-order valence-corrected chi connectivity index (χ0v) is 12.8. The molecule has 1 fully saturated rings. The van der Waals surface area contributed by atoms with E-state index in [1.165, 1.54) is 29.8 Å². The summed E-state index contributed by atoms with van der Waals surface area (Å²) >= 11 is 1.82. The van der Waals surface area contributed by atoms with Crippen molar-refractivity contribution in [2.45, 2.75) is 25.7 Å². The Hall–Kier alpha value is -1.19. The number of hydrogen-bond donors (Lipinski definition) is 1. The van der Waals surface area contributed by atoms with E-state index in [2.05, 4.69) is 48.1 Å². The molecular formula is C17H22N2S. The molecule has 106 valence electrons. The number of rotatable bonds is 5. The van der Waals surface area contributed by atoms with Gasteiger partial charge >= 0.3 is 0 Å². The molecule has 0 radical (unpaired) electrons. The van der Waals surface area contributed by atoms with Crippen LogP contribution in [0.4, 0.5) is 0 Å². The lowest BCUT2D eigenvalue weighted by Gasteiger charge is -2.17. The Kier molecular flexibility index (Phi) is 4.48. The van der Waals surface area contributed by atoms with Crippen molar-refractivity contribution in [2.24, 2.45) is 11.8 Å². The highest BCUT2D eigenvalue weighted by molar-refractivity contribution is 7.09. The quantitative estimate of drug-likeness (QED) is 0.899. The summed E-state index contributed by atoms with van der Waals surface area (Å²) in [6, 6.07) is 10.5. The molecule has 0 saturated heterocycles. The molecule has 1 saturated carbocycles. The predicted molar refractivity (Wildman–Crippen MR) is 86.0 cm³/mol. The molecule has 20 heavy (non-hydrogen) atoms. The van der Waals surface area contributed by atoms with Crippen molar-refractivity contribution in [3.05, 3.63) is 40.7 Å². The highest BCUT2D eigenvalue weighted by Crippen LogP contribution is 2.35. The molecule has 0 bridgehead atoms. The van der Waals surface area contributed by atoms with E-state index in [1.807, 2.05) is 11.3 Å². The lowest BCUT2D eigenvalue weighted by Crippen LogP contribution is -2.23. The Labute approximate surface area is 125 Å². The van der Waals surface area contributed by atoms with Gasteiger partial charge in [-0.25, -0.2) is 4.98 Å². The Morgan fingerprint density at radius 3 is 2.80 bits per heavy atom. The van der Waals surface area contributed by atoms with Crippen LogP contribution in [0.15, 0.2) is 35.7 Å². The van der Waals surface area contributed by atoms with Gasteiger partial charge in [-0.1, -0.05) is 36.8 Å². The van der Waals surface area contributed by atoms with Crippen molar-refractivity contribution in [2.75, 3.05) is 13.6 Å². The number of nitrogens with zero attached hydrogens (tertiary/aromatic N) is 1. The highest BCUT2D eigenvalue weighted by atomic mass is 32.1. The Balaban J connectivity index is 1.68. The van der Waals surface area contributed by atoms with E-state index in [0.717, 1.165) is 30.5 Å². The third-order valence-electron chi connectivity index (χ3n) is 4.34. The molecule has 0 amide bonds. The second-order valence-electron chi connectivity index (χ2n) is 5.71. The van der Waals surface area contributed by atoms with Crippen molar-refractivity contribution in [1.82, 2.24) is 10.3 Å². The van der Waals surface area contributed by atoms with Crippen LogP contribution in [0.1, 0.15) is 24.3 Å². The summed E-state index contributed by atoms with van der Waals surface area (Å²) in [5.74, 6) is 1.65. The zero-order valence-electron chi connectivity index (χ0n) is 12.0. The van der Waals surface area contributed by atoms with Gasteiger partial charge < -0.3 is 5.32 Å². The van der Waals surface area contributed by atoms with Gasteiger partial charge in [-0.3, -0.25) is 0 Å². The minimum absolute atomic E-state index is 0.817. The first kappa shape index (κ1) is 13.8. The summed E-state index contributed by atoms with van der Waals surface area (Å²) in [6.07, 6.45) is 5.28. The first-order chi connectivity index (χ1) is 9.86.